The molecule has 0 radical (unpaired) electrons. The van der Waals surface area contributed by atoms with Crippen LogP contribution in [0.25, 0.3) is 0 Å². The minimum Gasteiger partial charge on any atom is -0.292 e. The van der Waals surface area contributed by atoms with Gasteiger partial charge in [-0.1, -0.05) is 21.6 Å². The van der Waals surface area contributed by atoms with Crippen LogP contribution in [0.1, 0.15) is 0 Å². The monoisotopic (exact) mass is 234 g/mol. The van der Waals surface area contributed by atoms with Gasteiger partial charge in [0, 0.05) is 13.1 Å². The van der Waals surface area contributed by atoms with Crippen molar-refractivity contribution in [1.29, 1.82) is 0 Å². The third kappa shape index (κ3) is 2.37. The molecule has 6 heteroatoms. The SMILES string of the molecule is CN1CCN(C2NC(N(C)C)SS2)C1. The zero-order chi connectivity index (χ0) is 10.1. The van der Waals surface area contributed by atoms with E-state index >= 15 is 0 Å². The van der Waals surface area contributed by atoms with Crippen LogP contribution in [0.5, 0.6) is 0 Å². The predicted octanol–water partition coefficient (Wildman–Crippen LogP) is 0.305. The summed E-state index contributed by atoms with van der Waals surface area (Å²) in [6, 6.07) is 0. The zero-order valence-electron chi connectivity index (χ0n) is 8.93. The number of rotatable bonds is 2. The summed E-state index contributed by atoms with van der Waals surface area (Å²) in [7, 11) is 10.3. The molecule has 0 spiro atoms. The summed E-state index contributed by atoms with van der Waals surface area (Å²) in [5.41, 5.74) is 0.938. The summed E-state index contributed by atoms with van der Waals surface area (Å²) < 4.78 is 0. The van der Waals surface area contributed by atoms with Crippen molar-refractivity contribution in [2.45, 2.75) is 11.0 Å². The van der Waals surface area contributed by atoms with Crippen LogP contribution < -0.4 is 5.32 Å². The van der Waals surface area contributed by atoms with E-state index in [0.29, 0.717) is 11.0 Å². The van der Waals surface area contributed by atoms with E-state index in [1.165, 1.54) is 13.1 Å². The number of hydrogen-bond acceptors (Lipinski definition) is 6. The molecule has 4 nitrogen and oxygen atoms in total. The molecule has 2 unspecified atom stereocenters. The fraction of sp³-hybridized carbons (Fsp3) is 1.00. The van der Waals surface area contributed by atoms with Crippen molar-refractivity contribution < 1.29 is 0 Å². The highest BCUT2D eigenvalue weighted by molar-refractivity contribution is 8.77. The Bertz CT molecular complexity index is 202. The van der Waals surface area contributed by atoms with Crippen molar-refractivity contribution in [3.05, 3.63) is 0 Å². The van der Waals surface area contributed by atoms with E-state index in [1.54, 1.807) is 0 Å². The van der Waals surface area contributed by atoms with Crippen molar-refractivity contribution in [1.82, 2.24) is 20.0 Å². The first-order valence-electron chi connectivity index (χ1n) is 4.84. The van der Waals surface area contributed by atoms with Gasteiger partial charge in [0.25, 0.3) is 0 Å². The lowest BCUT2D eigenvalue weighted by atomic mass is 10.6. The van der Waals surface area contributed by atoms with Crippen molar-refractivity contribution in [2.24, 2.45) is 0 Å². The second-order valence-corrected chi connectivity index (χ2v) is 6.49. The van der Waals surface area contributed by atoms with E-state index in [-0.39, 0.29) is 0 Å². The minimum absolute atomic E-state index is 0.455. The van der Waals surface area contributed by atoms with E-state index in [0.717, 1.165) is 6.67 Å². The Morgan fingerprint density at radius 3 is 2.57 bits per heavy atom. The van der Waals surface area contributed by atoms with Crippen LogP contribution in [0, 0.1) is 0 Å². The van der Waals surface area contributed by atoms with Crippen LogP contribution in [-0.4, -0.2) is 66.6 Å². The maximum atomic E-state index is 3.60. The molecule has 0 aromatic carbocycles. The highest BCUT2D eigenvalue weighted by Crippen LogP contribution is 2.38. The lowest BCUT2D eigenvalue weighted by Crippen LogP contribution is -2.46. The molecule has 2 saturated heterocycles. The van der Waals surface area contributed by atoms with Crippen LogP contribution in [0.3, 0.4) is 0 Å². The third-order valence-corrected chi connectivity index (χ3v) is 5.41. The quantitative estimate of drug-likeness (QED) is 0.689. The Hall–Kier alpha value is 0.540. The first-order valence-corrected chi connectivity index (χ1v) is 7.11. The van der Waals surface area contributed by atoms with Crippen LogP contribution in [0.4, 0.5) is 0 Å². The molecule has 82 valence electrons. The molecule has 0 bridgehead atoms. The van der Waals surface area contributed by atoms with Gasteiger partial charge in [-0.25, -0.2) is 0 Å². The maximum Gasteiger partial charge on any atom is 0.121 e. The molecule has 2 rings (SSSR count). The van der Waals surface area contributed by atoms with E-state index in [4.69, 9.17) is 0 Å². The van der Waals surface area contributed by atoms with Crippen molar-refractivity contribution in [2.75, 3.05) is 40.9 Å². The Kier molecular flexibility index (Phi) is 3.62. The third-order valence-electron chi connectivity index (χ3n) is 2.52. The molecular formula is C8H18N4S2. The predicted molar refractivity (Wildman–Crippen MR) is 63.8 cm³/mol. The van der Waals surface area contributed by atoms with Gasteiger partial charge >= 0.3 is 0 Å². The number of likely N-dealkylation sites (N-methyl/N-ethyl adjacent to an activating group) is 1. The molecule has 2 fully saturated rings. The summed E-state index contributed by atoms with van der Waals surface area (Å²) in [6.45, 7) is 3.46. The van der Waals surface area contributed by atoms with Gasteiger partial charge in [0.15, 0.2) is 0 Å². The van der Waals surface area contributed by atoms with Crippen LogP contribution in [-0.2, 0) is 0 Å². The van der Waals surface area contributed by atoms with Crippen LogP contribution >= 0.6 is 21.6 Å². The van der Waals surface area contributed by atoms with Gasteiger partial charge in [-0.05, 0) is 21.1 Å². The first-order chi connectivity index (χ1) is 6.66. The first kappa shape index (κ1) is 11.0. The van der Waals surface area contributed by atoms with Gasteiger partial charge in [0.1, 0.15) is 11.0 Å². The second kappa shape index (κ2) is 4.59. The Balaban J connectivity index is 1.83. The Morgan fingerprint density at radius 1 is 1.29 bits per heavy atom. The molecule has 2 aliphatic rings. The highest BCUT2D eigenvalue weighted by Gasteiger charge is 2.33. The molecule has 2 aliphatic heterocycles. The van der Waals surface area contributed by atoms with Crippen molar-refractivity contribution >= 4 is 21.6 Å². The molecule has 0 amide bonds. The van der Waals surface area contributed by atoms with Crippen molar-refractivity contribution in [3.8, 4) is 0 Å². The topological polar surface area (TPSA) is 21.8 Å². The van der Waals surface area contributed by atoms with Gasteiger partial charge in [0.2, 0.25) is 0 Å². The molecule has 2 atom stereocenters. The van der Waals surface area contributed by atoms with E-state index < -0.39 is 0 Å². The van der Waals surface area contributed by atoms with Gasteiger partial charge in [-0.2, -0.15) is 0 Å². The molecule has 0 aromatic heterocycles. The molecular weight excluding hydrogens is 216 g/mol. The maximum absolute atomic E-state index is 3.60. The van der Waals surface area contributed by atoms with E-state index in [2.05, 4.69) is 41.2 Å². The summed E-state index contributed by atoms with van der Waals surface area (Å²) in [4.78, 5) is 7.06. The molecule has 0 saturated carbocycles. The van der Waals surface area contributed by atoms with E-state index in [9.17, 15) is 0 Å². The van der Waals surface area contributed by atoms with Crippen molar-refractivity contribution in [3.63, 3.8) is 0 Å². The minimum atomic E-state index is 0.455. The average molecular weight is 234 g/mol. The summed E-state index contributed by atoms with van der Waals surface area (Å²) >= 11 is 0. The number of nitrogens with zero attached hydrogens (tertiary/aromatic N) is 3. The summed E-state index contributed by atoms with van der Waals surface area (Å²) in [6.07, 6.45) is 0. The summed E-state index contributed by atoms with van der Waals surface area (Å²) in [5.74, 6) is 0. The lowest BCUT2D eigenvalue weighted by molar-refractivity contribution is 0.210. The standard InChI is InChI=1S/C8H18N4S2/c1-10(2)7-9-8(14-13-7)12-5-4-11(3)6-12/h7-9H,4-6H2,1-3H3. The second-order valence-electron chi connectivity index (χ2n) is 4.06. The highest BCUT2D eigenvalue weighted by atomic mass is 33.1. The Morgan fingerprint density at radius 2 is 2.07 bits per heavy atom. The van der Waals surface area contributed by atoms with Gasteiger partial charge in [-0.15, -0.1) is 0 Å². The fourth-order valence-corrected chi connectivity index (χ4v) is 4.60. The molecule has 2 heterocycles. The zero-order valence-corrected chi connectivity index (χ0v) is 10.6. The molecule has 1 N–H and O–H groups in total. The van der Waals surface area contributed by atoms with Gasteiger partial charge < -0.3 is 0 Å². The number of nitrogens with one attached hydrogen (secondary N) is 1. The number of hydrogen-bond donors (Lipinski definition) is 1. The van der Waals surface area contributed by atoms with Crippen LogP contribution in [0.2, 0.25) is 0 Å². The molecule has 14 heavy (non-hydrogen) atoms. The van der Waals surface area contributed by atoms with Gasteiger partial charge in [-0.3, -0.25) is 20.0 Å². The molecule has 0 aromatic rings. The average Bonchev–Trinajstić information content (AvgIpc) is 2.70. The Labute approximate surface area is 93.8 Å². The largest absolute Gasteiger partial charge is 0.292 e. The molecule has 0 aliphatic carbocycles. The fourth-order valence-electron chi connectivity index (χ4n) is 1.63. The van der Waals surface area contributed by atoms with Gasteiger partial charge in [0.05, 0.1) is 6.67 Å². The normalized spacial score (nSPS) is 36.0. The smallest absolute Gasteiger partial charge is 0.121 e. The van der Waals surface area contributed by atoms with E-state index in [1.807, 2.05) is 21.6 Å². The van der Waals surface area contributed by atoms with Crippen LogP contribution in [0.15, 0.2) is 0 Å². The lowest BCUT2D eigenvalue weighted by Gasteiger charge is -2.24. The summed E-state index contributed by atoms with van der Waals surface area (Å²) in [5, 5.41) is 3.60.